The second-order valence-corrected chi connectivity index (χ2v) is 8.02. The van der Waals surface area contributed by atoms with Gasteiger partial charge in [0.2, 0.25) is 5.91 Å². The van der Waals surface area contributed by atoms with Crippen LogP contribution in [0, 0.1) is 11.3 Å². The van der Waals surface area contributed by atoms with E-state index in [2.05, 4.69) is 0 Å². The average Bonchev–Trinajstić information content (AvgIpc) is 2.53. The molecule has 6 nitrogen and oxygen atoms in total. The van der Waals surface area contributed by atoms with Crippen molar-refractivity contribution >= 4 is 17.8 Å². The van der Waals surface area contributed by atoms with E-state index in [-0.39, 0.29) is 18.1 Å². The van der Waals surface area contributed by atoms with E-state index in [0.717, 1.165) is 0 Å². The molecular weight excluding hydrogens is 377 g/mol. The summed E-state index contributed by atoms with van der Waals surface area (Å²) >= 11 is 0. The SMILES string of the molecule is CCOC(=O)C(C)=C[C@H](C(C)C)N(C)C(=O)[C@@H](NC(=O)C(F)(F)F)C(C)(C)C. The molecule has 162 valence electrons. The lowest BCUT2D eigenvalue weighted by Crippen LogP contribution is -2.58. The van der Waals surface area contributed by atoms with Crippen molar-refractivity contribution in [3.05, 3.63) is 11.6 Å². The summed E-state index contributed by atoms with van der Waals surface area (Å²) in [5.41, 5.74) is -0.680. The van der Waals surface area contributed by atoms with Gasteiger partial charge in [-0.25, -0.2) is 4.79 Å². The molecule has 0 aliphatic rings. The minimum atomic E-state index is -5.10. The monoisotopic (exact) mass is 408 g/mol. The van der Waals surface area contributed by atoms with Gasteiger partial charge in [0.15, 0.2) is 0 Å². The maximum atomic E-state index is 13.0. The van der Waals surface area contributed by atoms with Gasteiger partial charge in [0.05, 0.1) is 12.6 Å². The van der Waals surface area contributed by atoms with Gasteiger partial charge in [0.25, 0.3) is 0 Å². The summed E-state index contributed by atoms with van der Waals surface area (Å²) in [6.45, 7) is 11.7. The molecule has 0 rings (SSSR count). The molecule has 0 unspecified atom stereocenters. The molecule has 0 aromatic carbocycles. The molecule has 9 heteroatoms. The van der Waals surface area contributed by atoms with Crippen LogP contribution in [0.5, 0.6) is 0 Å². The van der Waals surface area contributed by atoms with Gasteiger partial charge in [-0.2, -0.15) is 13.2 Å². The molecule has 0 aliphatic carbocycles. The Balaban J connectivity index is 5.79. The molecule has 0 radical (unpaired) electrons. The third kappa shape index (κ3) is 7.52. The molecule has 2 atom stereocenters. The number of amides is 2. The molecule has 2 amide bonds. The van der Waals surface area contributed by atoms with E-state index in [0.29, 0.717) is 0 Å². The number of carbonyl (C=O) groups is 3. The van der Waals surface area contributed by atoms with Gasteiger partial charge in [-0.05, 0) is 25.2 Å². The van der Waals surface area contributed by atoms with Crippen molar-refractivity contribution in [1.82, 2.24) is 10.2 Å². The summed E-state index contributed by atoms with van der Waals surface area (Å²) in [5, 5.41) is 1.80. The van der Waals surface area contributed by atoms with Crippen molar-refractivity contribution in [2.45, 2.75) is 66.7 Å². The quantitative estimate of drug-likeness (QED) is 0.519. The van der Waals surface area contributed by atoms with Crippen LogP contribution in [0.4, 0.5) is 13.2 Å². The maximum absolute atomic E-state index is 13.0. The van der Waals surface area contributed by atoms with Crippen molar-refractivity contribution in [2.24, 2.45) is 11.3 Å². The van der Waals surface area contributed by atoms with Crippen LogP contribution in [0.3, 0.4) is 0 Å². The zero-order valence-electron chi connectivity index (χ0n) is 17.7. The first-order chi connectivity index (χ1) is 12.5. The number of nitrogens with zero attached hydrogens (tertiary/aromatic N) is 1. The molecular formula is C19H31F3N2O4. The van der Waals surface area contributed by atoms with Crippen LogP contribution in [-0.4, -0.2) is 54.6 Å². The Kier molecular flexibility index (Phi) is 9.20. The zero-order chi connectivity index (χ0) is 22.4. The first kappa shape index (κ1) is 25.9. The fourth-order valence-corrected chi connectivity index (χ4v) is 2.53. The number of alkyl halides is 3. The Bertz CT molecular complexity index is 607. The summed E-state index contributed by atoms with van der Waals surface area (Å²) in [7, 11) is 1.43. The van der Waals surface area contributed by atoms with Crippen molar-refractivity contribution in [2.75, 3.05) is 13.7 Å². The van der Waals surface area contributed by atoms with Gasteiger partial charge in [-0.15, -0.1) is 0 Å². The van der Waals surface area contributed by atoms with Crippen molar-refractivity contribution in [1.29, 1.82) is 0 Å². The summed E-state index contributed by atoms with van der Waals surface area (Å²) in [4.78, 5) is 37.5. The Morgan fingerprint density at radius 2 is 1.64 bits per heavy atom. The van der Waals surface area contributed by atoms with Crippen LogP contribution < -0.4 is 5.32 Å². The predicted octanol–water partition coefficient (Wildman–Crippen LogP) is 3.07. The standard InChI is InChI=1S/C19H31F3N2O4/c1-9-28-16(26)12(4)10-13(11(2)3)24(8)15(25)14(18(5,6)7)23-17(27)19(20,21)22/h10-11,13-14H,9H2,1-8H3,(H,23,27)/t13-,14-/m1/s1. The van der Waals surface area contributed by atoms with Gasteiger partial charge >= 0.3 is 18.1 Å². The van der Waals surface area contributed by atoms with E-state index in [1.54, 1.807) is 46.0 Å². The minimum Gasteiger partial charge on any atom is -0.463 e. The maximum Gasteiger partial charge on any atom is 0.471 e. The highest BCUT2D eigenvalue weighted by molar-refractivity contribution is 5.91. The van der Waals surface area contributed by atoms with E-state index in [9.17, 15) is 27.6 Å². The number of likely N-dealkylation sites (N-methyl/N-ethyl adjacent to an activating group) is 1. The lowest BCUT2D eigenvalue weighted by Gasteiger charge is -2.37. The molecule has 0 saturated heterocycles. The van der Waals surface area contributed by atoms with Crippen molar-refractivity contribution in [3.63, 3.8) is 0 Å². The zero-order valence-corrected chi connectivity index (χ0v) is 17.7. The highest BCUT2D eigenvalue weighted by Gasteiger charge is 2.44. The molecule has 0 bridgehead atoms. The lowest BCUT2D eigenvalue weighted by molar-refractivity contribution is -0.176. The van der Waals surface area contributed by atoms with Crippen molar-refractivity contribution in [3.8, 4) is 0 Å². The summed E-state index contributed by atoms with van der Waals surface area (Å²) in [6, 6.07) is -1.98. The molecule has 0 saturated carbocycles. The first-order valence-corrected chi connectivity index (χ1v) is 9.03. The predicted molar refractivity (Wildman–Crippen MR) is 99.2 cm³/mol. The molecule has 0 aromatic rings. The minimum absolute atomic E-state index is 0.141. The molecule has 0 aliphatic heterocycles. The normalized spacial score (nSPS) is 15.1. The number of hydrogen-bond acceptors (Lipinski definition) is 4. The fourth-order valence-electron chi connectivity index (χ4n) is 2.53. The molecule has 0 spiro atoms. The van der Waals surface area contributed by atoms with E-state index in [4.69, 9.17) is 4.74 Å². The smallest absolute Gasteiger partial charge is 0.463 e. The van der Waals surface area contributed by atoms with Crippen LogP contribution >= 0.6 is 0 Å². The van der Waals surface area contributed by atoms with Crippen LogP contribution in [0.2, 0.25) is 0 Å². The Labute approximate surface area is 164 Å². The van der Waals surface area contributed by atoms with Crippen molar-refractivity contribution < 1.29 is 32.3 Å². The summed E-state index contributed by atoms with van der Waals surface area (Å²) in [5.74, 6) is -3.53. The Hall–Kier alpha value is -2.06. The number of halogens is 3. The molecule has 28 heavy (non-hydrogen) atoms. The molecule has 1 N–H and O–H groups in total. The number of esters is 1. The van der Waals surface area contributed by atoms with E-state index in [1.165, 1.54) is 11.9 Å². The Morgan fingerprint density at radius 1 is 1.14 bits per heavy atom. The Morgan fingerprint density at radius 3 is 2.00 bits per heavy atom. The first-order valence-electron chi connectivity index (χ1n) is 9.03. The van der Waals surface area contributed by atoms with Gasteiger partial charge in [0, 0.05) is 12.6 Å². The van der Waals surface area contributed by atoms with Gasteiger partial charge in [0.1, 0.15) is 6.04 Å². The fraction of sp³-hybridized carbons (Fsp3) is 0.737. The van der Waals surface area contributed by atoms with E-state index < -0.39 is 41.5 Å². The number of nitrogens with one attached hydrogen (secondary N) is 1. The number of hydrogen-bond donors (Lipinski definition) is 1. The van der Waals surface area contributed by atoms with Crippen LogP contribution in [0.1, 0.15) is 48.5 Å². The summed E-state index contributed by atoms with van der Waals surface area (Å²) < 4.78 is 43.0. The van der Waals surface area contributed by atoms with Crippen LogP contribution in [0.25, 0.3) is 0 Å². The summed E-state index contributed by atoms with van der Waals surface area (Å²) in [6.07, 6.45) is -3.55. The van der Waals surface area contributed by atoms with Crippen LogP contribution in [0.15, 0.2) is 11.6 Å². The second-order valence-electron chi connectivity index (χ2n) is 8.02. The van der Waals surface area contributed by atoms with Gasteiger partial charge in [-0.1, -0.05) is 40.7 Å². The average molecular weight is 408 g/mol. The van der Waals surface area contributed by atoms with E-state index in [1.807, 2.05) is 13.8 Å². The van der Waals surface area contributed by atoms with Gasteiger partial charge < -0.3 is 15.0 Å². The second kappa shape index (κ2) is 9.93. The number of ether oxygens (including phenoxy) is 1. The number of rotatable bonds is 7. The third-order valence-corrected chi connectivity index (χ3v) is 4.14. The molecule has 0 aromatic heterocycles. The largest absolute Gasteiger partial charge is 0.471 e. The molecule has 0 heterocycles. The van der Waals surface area contributed by atoms with E-state index >= 15 is 0 Å². The van der Waals surface area contributed by atoms with Crippen LogP contribution in [-0.2, 0) is 19.1 Å². The number of carbonyl (C=O) groups excluding carboxylic acids is 3. The highest BCUT2D eigenvalue weighted by atomic mass is 19.4. The van der Waals surface area contributed by atoms with Gasteiger partial charge in [-0.3, -0.25) is 9.59 Å². The third-order valence-electron chi connectivity index (χ3n) is 4.14. The molecule has 0 fully saturated rings. The highest BCUT2D eigenvalue weighted by Crippen LogP contribution is 2.25. The lowest BCUT2D eigenvalue weighted by atomic mass is 9.85. The topological polar surface area (TPSA) is 75.7 Å².